The Kier molecular flexibility index (Phi) is 5.83. The van der Waals surface area contributed by atoms with Crippen molar-refractivity contribution in [2.75, 3.05) is 29.6 Å². The molecule has 1 atom stereocenters. The first kappa shape index (κ1) is 22.7. The third-order valence-electron chi connectivity index (χ3n) is 6.12. The van der Waals surface area contributed by atoms with Crippen LogP contribution in [0.1, 0.15) is 16.7 Å². The molecule has 1 N–H and O–H groups in total. The summed E-state index contributed by atoms with van der Waals surface area (Å²) in [5, 5.41) is 12.0. The topological polar surface area (TPSA) is 85.7 Å². The van der Waals surface area contributed by atoms with Gasteiger partial charge in [-0.15, -0.1) is 11.8 Å². The lowest BCUT2D eigenvalue weighted by Crippen LogP contribution is -2.51. The van der Waals surface area contributed by atoms with Crippen molar-refractivity contribution in [1.29, 1.82) is 5.26 Å². The first-order valence-electron chi connectivity index (χ1n) is 10.9. The molecule has 176 valence electrons. The second kappa shape index (κ2) is 8.96. The lowest BCUT2D eigenvalue weighted by Gasteiger charge is -2.33. The van der Waals surface area contributed by atoms with Crippen LogP contribution in [0.3, 0.4) is 0 Å². The molecular formula is C26H21FN4O3S. The predicted molar refractivity (Wildman–Crippen MR) is 132 cm³/mol. The first-order chi connectivity index (χ1) is 17.0. The Bertz CT molecular complexity index is 1370. The minimum atomic E-state index is -1.28. The summed E-state index contributed by atoms with van der Waals surface area (Å²) in [6, 6.07) is 19.8. The number of hydrogen-bond donors (Lipinski definition) is 1. The van der Waals surface area contributed by atoms with Crippen LogP contribution in [-0.4, -0.2) is 36.2 Å². The van der Waals surface area contributed by atoms with E-state index < -0.39 is 16.7 Å². The van der Waals surface area contributed by atoms with E-state index >= 15 is 0 Å². The van der Waals surface area contributed by atoms with Gasteiger partial charge in [0.2, 0.25) is 0 Å². The number of ether oxygens (including phenoxy) is 1. The number of anilines is 2. The number of methoxy groups -OCH3 is 1. The van der Waals surface area contributed by atoms with Gasteiger partial charge in [0.05, 0.1) is 31.0 Å². The Hall–Kier alpha value is -4.03. The Morgan fingerprint density at radius 2 is 2.03 bits per heavy atom. The van der Waals surface area contributed by atoms with Gasteiger partial charge in [0.15, 0.2) is 4.87 Å². The van der Waals surface area contributed by atoms with Gasteiger partial charge in [-0.3, -0.25) is 9.69 Å². The maximum absolute atomic E-state index is 14.1. The summed E-state index contributed by atoms with van der Waals surface area (Å²) >= 11 is 1.39. The molecule has 3 aromatic carbocycles. The molecule has 5 rings (SSSR count). The number of nitriles is 1. The monoisotopic (exact) mass is 488 g/mol. The Balaban J connectivity index is 1.55. The van der Waals surface area contributed by atoms with Crippen LogP contribution in [0.5, 0.6) is 5.75 Å². The molecule has 1 unspecified atom stereocenters. The molecule has 0 bridgehead atoms. The number of halogens is 1. The maximum Gasteiger partial charge on any atom is 0.323 e. The molecule has 7 nitrogen and oxygen atoms in total. The Labute approximate surface area is 206 Å². The van der Waals surface area contributed by atoms with Crippen molar-refractivity contribution < 1.29 is 18.7 Å². The van der Waals surface area contributed by atoms with E-state index in [1.54, 1.807) is 48.4 Å². The van der Waals surface area contributed by atoms with Crippen molar-refractivity contribution in [3.8, 4) is 11.8 Å². The first-order valence-corrected chi connectivity index (χ1v) is 11.9. The quantitative estimate of drug-likeness (QED) is 0.576. The number of thioether (sulfide) groups is 1. The zero-order valence-corrected chi connectivity index (χ0v) is 19.6. The van der Waals surface area contributed by atoms with E-state index in [0.29, 0.717) is 40.5 Å². The summed E-state index contributed by atoms with van der Waals surface area (Å²) in [6.45, 7) is 0.585. The molecule has 35 heavy (non-hydrogen) atoms. The Morgan fingerprint density at radius 1 is 1.20 bits per heavy atom. The van der Waals surface area contributed by atoms with Gasteiger partial charge in [-0.1, -0.05) is 18.2 Å². The van der Waals surface area contributed by atoms with Crippen molar-refractivity contribution in [2.45, 2.75) is 11.4 Å². The summed E-state index contributed by atoms with van der Waals surface area (Å²) in [5.74, 6) is 0.407. The number of carbonyl (C=O) groups excluding carboxylic acids is 2. The molecule has 2 aliphatic rings. The smallest absolute Gasteiger partial charge is 0.323 e. The van der Waals surface area contributed by atoms with Crippen LogP contribution in [-0.2, 0) is 16.2 Å². The lowest BCUT2D eigenvalue weighted by molar-refractivity contribution is -0.123. The van der Waals surface area contributed by atoms with E-state index in [1.165, 1.54) is 34.9 Å². The zero-order chi connectivity index (χ0) is 24.6. The molecule has 0 radical (unpaired) electrons. The number of amides is 3. The normalized spacial score (nSPS) is 18.5. The minimum Gasteiger partial charge on any atom is -0.497 e. The van der Waals surface area contributed by atoms with Gasteiger partial charge in [-0.2, -0.15) is 5.26 Å². The van der Waals surface area contributed by atoms with E-state index in [0.717, 1.165) is 5.56 Å². The summed E-state index contributed by atoms with van der Waals surface area (Å²) in [5.41, 5.74) is 2.95. The summed E-state index contributed by atoms with van der Waals surface area (Å²) in [7, 11) is 1.55. The number of nitrogens with zero attached hydrogens (tertiary/aromatic N) is 3. The zero-order valence-electron chi connectivity index (χ0n) is 18.8. The van der Waals surface area contributed by atoms with Crippen LogP contribution in [0.2, 0.25) is 0 Å². The number of carbonyl (C=O) groups is 2. The molecule has 0 aromatic heterocycles. The van der Waals surface area contributed by atoms with Gasteiger partial charge in [0.1, 0.15) is 11.6 Å². The fourth-order valence-corrected chi connectivity index (χ4v) is 6.01. The summed E-state index contributed by atoms with van der Waals surface area (Å²) < 4.78 is 19.1. The van der Waals surface area contributed by atoms with Crippen molar-refractivity contribution in [3.05, 3.63) is 89.2 Å². The number of fused-ring (bicyclic) bond motifs is 2. The molecular weight excluding hydrogens is 467 g/mol. The molecule has 1 fully saturated rings. The van der Waals surface area contributed by atoms with Crippen molar-refractivity contribution in [2.24, 2.45) is 0 Å². The minimum absolute atomic E-state index is 0.245. The van der Waals surface area contributed by atoms with Crippen LogP contribution in [0.4, 0.5) is 20.6 Å². The number of hydrogen-bond acceptors (Lipinski definition) is 5. The highest BCUT2D eigenvalue weighted by molar-refractivity contribution is 8.01. The molecule has 3 aromatic rings. The number of nitrogens with one attached hydrogen (secondary N) is 1. The Morgan fingerprint density at radius 3 is 2.80 bits per heavy atom. The maximum atomic E-state index is 14.1. The SMILES string of the molecule is COc1ccc2c(c1)C1(SCCN1C(=O)Nc1cccc(F)c1)C(=O)N2Cc1cccc(C#N)c1. The second-order valence-corrected chi connectivity index (χ2v) is 9.46. The number of rotatable bonds is 4. The highest BCUT2D eigenvalue weighted by Gasteiger charge is 2.59. The number of benzene rings is 3. The van der Waals surface area contributed by atoms with Gasteiger partial charge >= 0.3 is 6.03 Å². The van der Waals surface area contributed by atoms with Crippen LogP contribution < -0.4 is 15.0 Å². The lowest BCUT2D eigenvalue weighted by atomic mass is 10.1. The summed E-state index contributed by atoms with van der Waals surface area (Å²) in [4.78, 5) is 29.3. The molecule has 1 saturated heterocycles. The highest BCUT2D eigenvalue weighted by Crippen LogP contribution is 2.55. The standard InChI is InChI=1S/C26H21FN4O3S/c1-34-21-8-9-23-22(14-21)26(24(32)30(23)16-18-5-2-4-17(12-18)15-28)31(10-11-35-26)25(33)29-20-7-3-6-19(27)13-20/h2-9,12-14H,10-11,16H2,1H3,(H,29,33). The largest absolute Gasteiger partial charge is 0.497 e. The summed E-state index contributed by atoms with van der Waals surface area (Å²) in [6.07, 6.45) is 0. The van der Waals surface area contributed by atoms with Crippen molar-refractivity contribution in [3.63, 3.8) is 0 Å². The van der Waals surface area contributed by atoms with Gasteiger partial charge in [0, 0.05) is 23.5 Å². The number of urea groups is 1. The molecule has 3 amide bonds. The highest BCUT2D eigenvalue weighted by atomic mass is 32.2. The second-order valence-electron chi connectivity index (χ2n) is 8.17. The van der Waals surface area contributed by atoms with Gasteiger partial charge in [-0.25, -0.2) is 9.18 Å². The van der Waals surface area contributed by atoms with E-state index in [-0.39, 0.29) is 12.5 Å². The van der Waals surface area contributed by atoms with Crippen LogP contribution >= 0.6 is 11.8 Å². The molecule has 0 saturated carbocycles. The molecule has 1 spiro atoms. The van der Waals surface area contributed by atoms with Gasteiger partial charge < -0.3 is 15.0 Å². The van der Waals surface area contributed by atoms with E-state index in [2.05, 4.69) is 11.4 Å². The predicted octanol–water partition coefficient (Wildman–Crippen LogP) is 4.69. The van der Waals surface area contributed by atoms with Crippen LogP contribution in [0.15, 0.2) is 66.7 Å². The van der Waals surface area contributed by atoms with Crippen LogP contribution in [0, 0.1) is 17.1 Å². The third kappa shape index (κ3) is 3.86. The fourth-order valence-electron chi connectivity index (χ4n) is 4.56. The average molecular weight is 489 g/mol. The van der Waals surface area contributed by atoms with Crippen molar-refractivity contribution >= 4 is 35.1 Å². The molecule has 9 heteroatoms. The van der Waals surface area contributed by atoms with Crippen molar-refractivity contribution in [1.82, 2.24) is 4.90 Å². The van der Waals surface area contributed by atoms with E-state index in [4.69, 9.17) is 4.74 Å². The van der Waals surface area contributed by atoms with Gasteiger partial charge in [-0.05, 0) is 54.1 Å². The molecule has 2 aliphatic heterocycles. The molecule has 2 heterocycles. The van der Waals surface area contributed by atoms with E-state index in [9.17, 15) is 19.2 Å². The fraction of sp³-hybridized carbons (Fsp3) is 0.192. The molecule has 0 aliphatic carbocycles. The third-order valence-corrected chi connectivity index (χ3v) is 7.54. The van der Waals surface area contributed by atoms with Gasteiger partial charge in [0.25, 0.3) is 5.91 Å². The van der Waals surface area contributed by atoms with E-state index in [1.807, 2.05) is 12.1 Å². The van der Waals surface area contributed by atoms with Crippen LogP contribution in [0.25, 0.3) is 0 Å². The average Bonchev–Trinajstić information content (AvgIpc) is 3.41.